The van der Waals surface area contributed by atoms with Crippen LogP contribution in [0.5, 0.6) is 0 Å². The van der Waals surface area contributed by atoms with Crippen molar-refractivity contribution in [2.24, 2.45) is 0 Å². The van der Waals surface area contributed by atoms with Crippen LogP contribution in [0.2, 0.25) is 0 Å². The molecule has 0 aliphatic heterocycles. The Morgan fingerprint density at radius 1 is 0.596 bits per heavy atom. The monoisotopic (exact) mass is 685 g/mol. The minimum atomic E-state index is 0.724. The van der Waals surface area contributed by atoms with Crippen LogP contribution in [-0.4, -0.2) is 14.5 Å². The Hall–Kier alpha value is -5.84. The van der Waals surface area contributed by atoms with Crippen LogP contribution >= 0.6 is 11.3 Å². The Labute approximate surface area is 306 Å². The summed E-state index contributed by atoms with van der Waals surface area (Å²) in [5.74, 6) is 0.724. The molecule has 0 saturated carbocycles. The lowest BCUT2D eigenvalue weighted by Gasteiger charge is -2.15. The summed E-state index contributed by atoms with van der Waals surface area (Å²) in [4.78, 5) is 12.4. The third-order valence-electron chi connectivity index (χ3n) is 11.2. The predicted octanol–water partition coefficient (Wildman–Crippen LogP) is 11.1. The van der Waals surface area contributed by atoms with Crippen molar-refractivity contribution in [3.05, 3.63) is 147 Å². The highest BCUT2D eigenvalue weighted by atomic mass is 32.1. The van der Waals surface area contributed by atoms with E-state index in [0.29, 0.717) is 0 Å². The molecule has 3 aromatic heterocycles. The zero-order valence-electron chi connectivity index (χ0n) is 28.8. The van der Waals surface area contributed by atoms with Gasteiger partial charge in [-0.3, -0.25) is 4.57 Å². The Kier molecular flexibility index (Phi) is 6.81. The number of allylic oxidation sites excluding steroid dienone is 2. The van der Waals surface area contributed by atoms with E-state index in [4.69, 9.17) is 9.97 Å². The molecule has 0 unspecified atom stereocenters. The van der Waals surface area contributed by atoms with Crippen molar-refractivity contribution in [1.29, 1.82) is 0 Å². The van der Waals surface area contributed by atoms with Gasteiger partial charge in [0.25, 0.3) is 0 Å². The quantitative estimate of drug-likeness (QED) is 0.185. The van der Waals surface area contributed by atoms with Crippen molar-refractivity contribution in [3.63, 3.8) is 0 Å². The van der Waals surface area contributed by atoms with Gasteiger partial charge in [-0.25, -0.2) is 9.97 Å². The highest BCUT2D eigenvalue weighted by Crippen LogP contribution is 2.44. The normalized spacial score (nSPS) is 14.6. The SMILES string of the molecule is C1=Cc2c(sc3c(-c4ccc5c(c4)c4c6c(ccc4n5-c4nc(-c5ccccc5-c5ccccc5)c5c(n4)=CCCC=5)C=CCC6)cccc23)CC1. The maximum absolute atomic E-state index is 5.54. The first-order valence-corrected chi connectivity index (χ1v) is 19.3. The van der Waals surface area contributed by atoms with Crippen molar-refractivity contribution >= 4 is 67.5 Å². The maximum Gasteiger partial charge on any atom is 0.235 e. The number of aryl methyl sites for hydroxylation is 2. The summed E-state index contributed by atoms with van der Waals surface area (Å²) in [6, 6.07) is 37.9. The molecule has 0 spiro atoms. The molecule has 0 saturated heterocycles. The molecule has 5 aromatic carbocycles. The van der Waals surface area contributed by atoms with Crippen LogP contribution in [-0.2, 0) is 12.8 Å². The van der Waals surface area contributed by atoms with Crippen LogP contribution in [0.3, 0.4) is 0 Å². The Morgan fingerprint density at radius 3 is 2.35 bits per heavy atom. The number of thiophene rings is 1. The van der Waals surface area contributed by atoms with E-state index in [1.807, 2.05) is 11.3 Å². The lowest BCUT2D eigenvalue weighted by Crippen LogP contribution is -2.34. The number of fused-ring (bicyclic) bond motifs is 9. The molecule has 3 aliphatic rings. The summed E-state index contributed by atoms with van der Waals surface area (Å²) >= 11 is 1.98. The molecule has 8 aromatic rings. The first-order chi connectivity index (χ1) is 25.8. The molecule has 0 fully saturated rings. The minimum Gasteiger partial charge on any atom is -0.278 e. The summed E-state index contributed by atoms with van der Waals surface area (Å²) in [6.45, 7) is 0. The van der Waals surface area contributed by atoms with E-state index < -0.39 is 0 Å². The van der Waals surface area contributed by atoms with E-state index in [-0.39, 0.29) is 0 Å². The minimum absolute atomic E-state index is 0.724. The van der Waals surface area contributed by atoms with Gasteiger partial charge in [-0.2, -0.15) is 0 Å². The lowest BCUT2D eigenvalue weighted by molar-refractivity contribution is 0.947. The fourth-order valence-electron chi connectivity index (χ4n) is 8.79. The van der Waals surface area contributed by atoms with Crippen LogP contribution in [0.1, 0.15) is 47.3 Å². The Bertz CT molecular complexity index is 2960. The van der Waals surface area contributed by atoms with E-state index in [1.54, 1.807) is 0 Å². The molecule has 0 bridgehead atoms. The molecule has 248 valence electrons. The number of rotatable bonds is 4. The van der Waals surface area contributed by atoms with Crippen LogP contribution in [0.15, 0.2) is 115 Å². The number of nitrogens with zero attached hydrogens (tertiary/aromatic N) is 3. The predicted molar refractivity (Wildman–Crippen MR) is 220 cm³/mol. The third kappa shape index (κ3) is 4.57. The summed E-state index contributed by atoms with van der Waals surface area (Å²) in [7, 11) is 0. The van der Waals surface area contributed by atoms with E-state index in [2.05, 4.69) is 144 Å². The van der Waals surface area contributed by atoms with Crippen LogP contribution in [0, 0.1) is 0 Å². The van der Waals surface area contributed by atoms with Crippen molar-refractivity contribution in [1.82, 2.24) is 14.5 Å². The van der Waals surface area contributed by atoms with Crippen molar-refractivity contribution in [2.75, 3.05) is 0 Å². The van der Waals surface area contributed by atoms with Crippen molar-refractivity contribution < 1.29 is 0 Å². The van der Waals surface area contributed by atoms with Crippen LogP contribution in [0.25, 0.3) is 95.7 Å². The molecule has 3 heterocycles. The van der Waals surface area contributed by atoms with Crippen molar-refractivity contribution in [2.45, 2.75) is 38.5 Å². The summed E-state index contributed by atoms with van der Waals surface area (Å²) in [6.07, 6.45) is 20.2. The number of benzene rings is 5. The largest absolute Gasteiger partial charge is 0.278 e. The highest BCUT2D eigenvalue weighted by Gasteiger charge is 2.23. The first kappa shape index (κ1) is 29.8. The first-order valence-electron chi connectivity index (χ1n) is 18.5. The van der Waals surface area contributed by atoms with E-state index in [9.17, 15) is 0 Å². The molecule has 52 heavy (non-hydrogen) atoms. The van der Waals surface area contributed by atoms with Gasteiger partial charge >= 0.3 is 0 Å². The second kappa shape index (κ2) is 11.9. The van der Waals surface area contributed by atoms with Gasteiger partial charge in [0.1, 0.15) is 0 Å². The van der Waals surface area contributed by atoms with Crippen LogP contribution in [0.4, 0.5) is 0 Å². The number of hydrogen-bond acceptors (Lipinski definition) is 3. The zero-order valence-corrected chi connectivity index (χ0v) is 29.6. The molecule has 0 atom stereocenters. The fourth-order valence-corrected chi connectivity index (χ4v) is 10.1. The van der Waals surface area contributed by atoms with E-state index in [0.717, 1.165) is 77.3 Å². The Balaban J connectivity index is 1.19. The summed E-state index contributed by atoms with van der Waals surface area (Å²) < 4.78 is 3.72. The van der Waals surface area contributed by atoms with E-state index >= 15 is 0 Å². The topological polar surface area (TPSA) is 30.7 Å². The molecule has 3 nitrogen and oxygen atoms in total. The number of hydrogen-bond donors (Lipinski definition) is 0. The lowest BCUT2D eigenvalue weighted by atomic mass is 9.92. The van der Waals surface area contributed by atoms with Gasteiger partial charge in [0.15, 0.2) is 0 Å². The molecule has 3 aliphatic carbocycles. The van der Waals surface area contributed by atoms with Crippen LogP contribution < -0.4 is 10.6 Å². The molecule has 4 heteroatoms. The second-order valence-electron chi connectivity index (χ2n) is 14.2. The number of aromatic nitrogens is 3. The van der Waals surface area contributed by atoms with Gasteiger partial charge in [0.2, 0.25) is 5.95 Å². The van der Waals surface area contributed by atoms with Gasteiger partial charge in [-0.15, -0.1) is 11.3 Å². The maximum atomic E-state index is 5.54. The smallest absolute Gasteiger partial charge is 0.235 e. The standard InChI is InChI=1S/C48H35N3S/c1-2-13-30(14-3-1)33-16-6-7-19-37(33)46-39-20-8-10-23-41(39)49-48(50-46)51-42-27-26-32(29-40(42)45-34-17-5-4-15-31(34)25-28-43(45)51)35-21-12-22-38-36-18-9-11-24-44(36)52-47(35)38/h1-4,6-7,9,12-16,18-23,25-29H,5,8,10-11,17,24H2. The average Bonchev–Trinajstić information content (AvgIpc) is 3.77. The highest BCUT2D eigenvalue weighted by molar-refractivity contribution is 7.20. The van der Waals surface area contributed by atoms with Gasteiger partial charge in [-0.1, -0.05) is 121 Å². The van der Waals surface area contributed by atoms with Gasteiger partial charge in [0, 0.05) is 36.5 Å². The zero-order chi connectivity index (χ0) is 34.2. The molecule has 0 amide bonds. The second-order valence-corrected chi connectivity index (χ2v) is 15.3. The molecular weight excluding hydrogens is 651 g/mol. The Morgan fingerprint density at radius 2 is 1.40 bits per heavy atom. The third-order valence-corrected chi connectivity index (χ3v) is 12.5. The molecule has 0 radical (unpaired) electrons. The fraction of sp³-hybridized carbons (Fsp3) is 0.125. The van der Waals surface area contributed by atoms with Gasteiger partial charge < -0.3 is 0 Å². The molecular formula is C48H35N3S. The van der Waals surface area contributed by atoms with E-state index in [1.165, 1.54) is 64.7 Å². The average molecular weight is 686 g/mol. The van der Waals surface area contributed by atoms with Gasteiger partial charge in [0.05, 0.1) is 22.1 Å². The summed E-state index contributed by atoms with van der Waals surface area (Å²) in [5.41, 5.74) is 13.5. The molecule has 0 N–H and O–H groups in total. The summed E-state index contributed by atoms with van der Waals surface area (Å²) in [5, 5.41) is 6.11. The molecule has 11 rings (SSSR count). The van der Waals surface area contributed by atoms with Crippen molar-refractivity contribution in [3.8, 4) is 39.5 Å². The van der Waals surface area contributed by atoms with Gasteiger partial charge in [-0.05, 0) is 95.7 Å².